The van der Waals surface area contributed by atoms with E-state index in [4.69, 9.17) is 16.3 Å². The molecular formula is C13H11ClN2O4. The van der Waals surface area contributed by atoms with E-state index in [1.807, 2.05) is 0 Å². The number of para-hydroxylation sites is 1. The van der Waals surface area contributed by atoms with Gasteiger partial charge in [0.1, 0.15) is 5.75 Å². The topological polar surface area (TPSA) is 85.5 Å². The lowest BCUT2D eigenvalue weighted by Gasteiger charge is -2.09. The number of hydrogen-bond acceptors (Lipinski definition) is 5. The molecule has 2 aromatic rings. The molecule has 0 spiro atoms. The summed E-state index contributed by atoms with van der Waals surface area (Å²) in [6.07, 6.45) is 0.674. The lowest BCUT2D eigenvalue weighted by atomic mass is 10.2. The Morgan fingerprint density at radius 2 is 2.15 bits per heavy atom. The number of nitrogens with zero attached hydrogens (tertiary/aromatic N) is 2. The quantitative estimate of drug-likeness (QED) is 0.689. The first-order valence-electron chi connectivity index (χ1n) is 5.74. The van der Waals surface area contributed by atoms with Crippen LogP contribution in [0.25, 0.3) is 0 Å². The molecule has 20 heavy (non-hydrogen) atoms. The number of hydrogen-bond donors (Lipinski definition) is 1. The van der Waals surface area contributed by atoms with Crippen molar-refractivity contribution in [1.82, 2.24) is 4.98 Å². The number of aromatic nitrogens is 1. The molecule has 1 aromatic heterocycles. The number of nitro benzene ring substituents is 1. The zero-order valence-electron chi connectivity index (χ0n) is 10.5. The highest BCUT2D eigenvalue weighted by Crippen LogP contribution is 2.37. The Bertz CT molecular complexity index is 629. The van der Waals surface area contributed by atoms with Crippen LogP contribution < -0.4 is 4.74 Å². The standard InChI is InChI=1S/C13H11ClN2O4/c1-8(17)11-6-5-9(7-15-11)20-13-10(14)3-2-4-12(13)16(18)19/h2-8,17H,1H3/t8-/m0/s1. The van der Waals surface area contributed by atoms with Gasteiger partial charge in [0.05, 0.1) is 27.9 Å². The van der Waals surface area contributed by atoms with Gasteiger partial charge in [0, 0.05) is 6.07 Å². The van der Waals surface area contributed by atoms with Gasteiger partial charge in [-0.15, -0.1) is 0 Å². The first-order chi connectivity index (χ1) is 9.49. The Hall–Kier alpha value is -2.18. The molecule has 0 saturated carbocycles. The maximum absolute atomic E-state index is 10.9. The molecule has 7 heteroatoms. The fraction of sp³-hybridized carbons (Fsp3) is 0.154. The van der Waals surface area contributed by atoms with Gasteiger partial charge in [-0.05, 0) is 25.1 Å². The summed E-state index contributed by atoms with van der Waals surface area (Å²) in [5.74, 6) is 0.261. The number of halogens is 1. The molecule has 2 rings (SSSR count). The fourth-order valence-electron chi connectivity index (χ4n) is 1.56. The molecule has 0 saturated heterocycles. The lowest BCUT2D eigenvalue weighted by Crippen LogP contribution is -1.97. The van der Waals surface area contributed by atoms with Crippen LogP contribution >= 0.6 is 11.6 Å². The van der Waals surface area contributed by atoms with E-state index in [0.717, 1.165) is 0 Å². The third-order valence-electron chi connectivity index (χ3n) is 2.55. The van der Waals surface area contributed by atoms with E-state index in [0.29, 0.717) is 11.4 Å². The monoisotopic (exact) mass is 294 g/mol. The van der Waals surface area contributed by atoms with Gasteiger partial charge in [-0.3, -0.25) is 15.1 Å². The molecule has 6 nitrogen and oxygen atoms in total. The smallest absolute Gasteiger partial charge is 0.313 e. The molecule has 1 heterocycles. The summed E-state index contributed by atoms with van der Waals surface area (Å²) >= 11 is 5.92. The summed E-state index contributed by atoms with van der Waals surface area (Å²) in [5, 5.41) is 20.4. The highest BCUT2D eigenvalue weighted by atomic mass is 35.5. The van der Waals surface area contributed by atoms with Gasteiger partial charge in [0.2, 0.25) is 5.75 Å². The number of pyridine rings is 1. The van der Waals surface area contributed by atoms with E-state index in [2.05, 4.69) is 4.98 Å². The molecular weight excluding hydrogens is 284 g/mol. The lowest BCUT2D eigenvalue weighted by molar-refractivity contribution is -0.385. The molecule has 0 aliphatic rings. The van der Waals surface area contributed by atoms with E-state index < -0.39 is 11.0 Å². The van der Waals surface area contributed by atoms with Gasteiger partial charge in [-0.25, -0.2) is 0 Å². The minimum absolute atomic E-state index is 0.0363. The molecule has 1 N–H and O–H groups in total. The van der Waals surface area contributed by atoms with Gasteiger partial charge in [-0.2, -0.15) is 0 Å². The van der Waals surface area contributed by atoms with Gasteiger partial charge in [0.15, 0.2) is 0 Å². The molecule has 0 bridgehead atoms. The largest absolute Gasteiger partial charge is 0.447 e. The average molecular weight is 295 g/mol. The molecule has 0 unspecified atom stereocenters. The van der Waals surface area contributed by atoms with Crippen molar-refractivity contribution >= 4 is 17.3 Å². The first kappa shape index (κ1) is 14.2. The number of nitro groups is 1. The third kappa shape index (κ3) is 3.04. The summed E-state index contributed by atoms with van der Waals surface area (Å²) in [7, 11) is 0. The SMILES string of the molecule is C[C@H](O)c1ccc(Oc2c(Cl)cccc2[N+](=O)[O-])cn1. The number of rotatable bonds is 4. The maximum Gasteiger partial charge on any atom is 0.313 e. The van der Waals surface area contributed by atoms with Crippen LogP contribution in [0, 0.1) is 10.1 Å². The first-order valence-corrected chi connectivity index (χ1v) is 6.11. The van der Waals surface area contributed by atoms with Crippen LogP contribution in [0.15, 0.2) is 36.5 Å². The van der Waals surface area contributed by atoms with E-state index in [1.54, 1.807) is 19.1 Å². The molecule has 0 amide bonds. The van der Waals surface area contributed by atoms with Crippen LogP contribution in [0.1, 0.15) is 18.7 Å². The van der Waals surface area contributed by atoms with Crippen LogP contribution in [0.3, 0.4) is 0 Å². The molecule has 0 radical (unpaired) electrons. The minimum Gasteiger partial charge on any atom is -0.447 e. The number of aliphatic hydroxyl groups excluding tert-OH is 1. The molecule has 0 fully saturated rings. The molecule has 0 aliphatic carbocycles. The minimum atomic E-state index is -0.696. The van der Waals surface area contributed by atoms with Crippen molar-refractivity contribution in [2.75, 3.05) is 0 Å². The van der Waals surface area contributed by atoms with E-state index in [9.17, 15) is 15.2 Å². The van der Waals surface area contributed by atoms with Crippen molar-refractivity contribution < 1.29 is 14.8 Å². The molecule has 1 atom stereocenters. The average Bonchev–Trinajstić information content (AvgIpc) is 2.41. The Balaban J connectivity index is 2.32. The number of ether oxygens (including phenoxy) is 1. The van der Waals surface area contributed by atoms with E-state index in [-0.39, 0.29) is 16.5 Å². The van der Waals surface area contributed by atoms with Crippen molar-refractivity contribution in [2.24, 2.45) is 0 Å². The number of benzene rings is 1. The fourth-order valence-corrected chi connectivity index (χ4v) is 1.77. The second-order valence-corrected chi connectivity index (χ2v) is 4.45. The van der Waals surface area contributed by atoms with Gasteiger partial charge < -0.3 is 9.84 Å². The zero-order valence-corrected chi connectivity index (χ0v) is 11.2. The number of aliphatic hydroxyl groups is 1. The van der Waals surface area contributed by atoms with E-state index >= 15 is 0 Å². The molecule has 104 valence electrons. The van der Waals surface area contributed by atoms with Crippen molar-refractivity contribution in [1.29, 1.82) is 0 Å². The predicted molar refractivity (Wildman–Crippen MR) is 73.1 cm³/mol. The van der Waals surface area contributed by atoms with E-state index in [1.165, 1.54) is 24.4 Å². The van der Waals surface area contributed by atoms with Crippen molar-refractivity contribution in [3.63, 3.8) is 0 Å². The van der Waals surface area contributed by atoms with Crippen LogP contribution in [-0.2, 0) is 0 Å². The summed E-state index contributed by atoms with van der Waals surface area (Å²) in [6.45, 7) is 1.59. The van der Waals surface area contributed by atoms with Crippen LogP contribution in [0.2, 0.25) is 5.02 Å². The highest BCUT2D eigenvalue weighted by Gasteiger charge is 2.19. The second-order valence-electron chi connectivity index (χ2n) is 4.04. The van der Waals surface area contributed by atoms with Crippen molar-refractivity contribution in [3.8, 4) is 11.5 Å². The van der Waals surface area contributed by atoms with Crippen LogP contribution in [-0.4, -0.2) is 15.0 Å². The summed E-state index contributed by atoms with van der Waals surface area (Å²) < 4.78 is 5.42. The van der Waals surface area contributed by atoms with Crippen LogP contribution in [0.4, 0.5) is 5.69 Å². The molecule has 0 aliphatic heterocycles. The second kappa shape index (κ2) is 5.85. The van der Waals surface area contributed by atoms with Crippen LogP contribution in [0.5, 0.6) is 11.5 Å². The third-order valence-corrected chi connectivity index (χ3v) is 2.85. The summed E-state index contributed by atoms with van der Waals surface area (Å²) in [5.41, 5.74) is 0.253. The van der Waals surface area contributed by atoms with Gasteiger partial charge in [0.25, 0.3) is 0 Å². The molecule has 1 aromatic carbocycles. The Kier molecular flexibility index (Phi) is 4.16. The zero-order chi connectivity index (χ0) is 14.7. The summed E-state index contributed by atoms with van der Waals surface area (Å²) in [4.78, 5) is 14.3. The Morgan fingerprint density at radius 3 is 2.70 bits per heavy atom. The van der Waals surface area contributed by atoms with Gasteiger partial charge >= 0.3 is 5.69 Å². The maximum atomic E-state index is 10.9. The predicted octanol–water partition coefficient (Wildman–Crippen LogP) is 3.49. The highest BCUT2D eigenvalue weighted by molar-refractivity contribution is 6.32. The normalized spacial score (nSPS) is 11.9. The van der Waals surface area contributed by atoms with Gasteiger partial charge in [-0.1, -0.05) is 17.7 Å². The van der Waals surface area contributed by atoms with Crippen molar-refractivity contribution in [2.45, 2.75) is 13.0 Å². The Labute approximate surface area is 119 Å². The summed E-state index contributed by atoms with van der Waals surface area (Å²) in [6, 6.07) is 7.41. The Morgan fingerprint density at radius 1 is 1.40 bits per heavy atom. The van der Waals surface area contributed by atoms with Crippen molar-refractivity contribution in [3.05, 3.63) is 57.4 Å².